The van der Waals surface area contributed by atoms with Crippen LogP contribution in [0.2, 0.25) is 25.7 Å². The number of imidazole rings is 1. The maximum Gasteiger partial charge on any atom is 0.327 e. The van der Waals surface area contributed by atoms with E-state index in [4.69, 9.17) is 9.47 Å². The van der Waals surface area contributed by atoms with Crippen molar-refractivity contribution in [1.82, 2.24) is 14.1 Å². The van der Waals surface area contributed by atoms with Gasteiger partial charge in [-0.05, 0) is 23.7 Å². The van der Waals surface area contributed by atoms with Crippen LogP contribution < -0.4 is 20.2 Å². The highest BCUT2D eigenvalue weighted by Gasteiger charge is 2.29. The zero-order valence-electron chi connectivity index (χ0n) is 19.2. The van der Waals surface area contributed by atoms with Crippen molar-refractivity contribution >= 4 is 41.1 Å². The number of rotatable bonds is 8. The Hall–Kier alpha value is -2.17. The van der Waals surface area contributed by atoms with E-state index in [0.717, 1.165) is 48.5 Å². The van der Waals surface area contributed by atoms with E-state index in [0.29, 0.717) is 30.1 Å². The minimum absolute atomic E-state index is 0.113. The number of hydrogen-bond acceptors (Lipinski definition) is 5. The average Bonchev–Trinajstić information content (AvgIpc) is 3.10. The number of nitrogens with one attached hydrogen (secondary N) is 1. The molecule has 0 atom stereocenters. The van der Waals surface area contributed by atoms with Crippen LogP contribution in [0.5, 0.6) is 5.75 Å². The Morgan fingerprint density at radius 1 is 1.22 bits per heavy atom. The number of nitrogens with zero attached hydrogens (tertiary/aromatic N) is 4. The van der Waals surface area contributed by atoms with Gasteiger partial charge in [-0.1, -0.05) is 31.8 Å². The summed E-state index contributed by atoms with van der Waals surface area (Å²) in [5.74, 6) is 1.60. The Labute approximate surface area is 197 Å². The molecular formula is C22H31BrN5O3Si+. The Bertz CT molecular complexity index is 1170. The fraction of sp³-hybridized carbons (Fsp3) is 0.500. The van der Waals surface area contributed by atoms with E-state index in [2.05, 4.69) is 50.4 Å². The summed E-state index contributed by atoms with van der Waals surface area (Å²) in [6.45, 7) is 10.2. The van der Waals surface area contributed by atoms with Crippen molar-refractivity contribution in [1.29, 1.82) is 0 Å². The molecule has 0 saturated heterocycles. The first kappa shape index (κ1) is 23.0. The van der Waals surface area contributed by atoms with Gasteiger partial charge in [-0.25, -0.2) is 18.7 Å². The van der Waals surface area contributed by atoms with Crippen LogP contribution in [0.15, 0.2) is 33.8 Å². The van der Waals surface area contributed by atoms with Crippen LogP contribution >= 0.6 is 15.9 Å². The first-order valence-corrected chi connectivity index (χ1v) is 15.5. The molecule has 1 aliphatic rings. The monoisotopic (exact) mass is 520 g/mol. The van der Waals surface area contributed by atoms with Crippen molar-refractivity contribution in [3.63, 3.8) is 0 Å². The summed E-state index contributed by atoms with van der Waals surface area (Å²) >= 11 is 3.56. The smallest absolute Gasteiger partial charge is 0.327 e. The van der Waals surface area contributed by atoms with Crippen molar-refractivity contribution < 1.29 is 14.0 Å². The number of hydrogen-bond donors (Lipinski definition) is 1. The molecule has 2 aromatic heterocycles. The number of anilines is 1. The van der Waals surface area contributed by atoms with Crippen molar-refractivity contribution in [3.8, 4) is 5.75 Å². The Kier molecular flexibility index (Phi) is 6.73. The first-order chi connectivity index (χ1) is 15.3. The lowest BCUT2D eigenvalue weighted by molar-refractivity contribution is -0.667. The average molecular weight is 522 g/mol. The molecule has 32 heavy (non-hydrogen) atoms. The second-order valence-corrected chi connectivity index (χ2v) is 15.7. The van der Waals surface area contributed by atoms with E-state index in [1.807, 2.05) is 28.8 Å². The molecule has 0 bridgehead atoms. The van der Waals surface area contributed by atoms with Crippen LogP contribution in [-0.4, -0.2) is 42.5 Å². The van der Waals surface area contributed by atoms with Crippen LogP contribution in [-0.2, 0) is 24.6 Å². The molecule has 0 unspecified atom stereocenters. The predicted molar refractivity (Wildman–Crippen MR) is 131 cm³/mol. The lowest BCUT2D eigenvalue weighted by Gasteiger charge is -2.20. The summed E-state index contributed by atoms with van der Waals surface area (Å²) in [4.78, 5) is 18.1. The second-order valence-electron chi connectivity index (χ2n) is 9.32. The number of methoxy groups -OCH3 is 1. The third-order valence-corrected chi connectivity index (χ3v) is 7.98. The van der Waals surface area contributed by atoms with Crippen LogP contribution in [0.4, 0.5) is 5.95 Å². The molecule has 0 amide bonds. The maximum atomic E-state index is 13.5. The molecule has 3 heterocycles. The van der Waals surface area contributed by atoms with Gasteiger partial charge in [0.15, 0.2) is 6.73 Å². The van der Waals surface area contributed by atoms with Crippen molar-refractivity contribution in [2.24, 2.45) is 0 Å². The lowest BCUT2D eigenvalue weighted by atomic mass is 10.2. The minimum atomic E-state index is -1.17. The number of fused-ring (bicyclic) bond motifs is 3. The molecule has 0 aliphatic carbocycles. The normalized spacial score (nSPS) is 13.8. The summed E-state index contributed by atoms with van der Waals surface area (Å²) in [6.07, 6.45) is 0.979. The molecule has 4 rings (SSSR count). The highest BCUT2D eigenvalue weighted by atomic mass is 79.9. The van der Waals surface area contributed by atoms with E-state index in [1.165, 1.54) is 0 Å². The van der Waals surface area contributed by atoms with E-state index in [-0.39, 0.29) is 5.56 Å². The zero-order chi connectivity index (χ0) is 22.9. The first-order valence-electron chi connectivity index (χ1n) is 11.0. The quantitative estimate of drug-likeness (QED) is 0.213. The van der Waals surface area contributed by atoms with Crippen LogP contribution in [0.1, 0.15) is 12.0 Å². The van der Waals surface area contributed by atoms with Gasteiger partial charge in [0.25, 0.3) is 0 Å². The van der Waals surface area contributed by atoms with Crippen molar-refractivity contribution in [2.45, 2.75) is 51.9 Å². The van der Waals surface area contributed by atoms with E-state index >= 15 is 0 Å². The Morgan fingerprint density at radius 3 is 2.66 bits per heavy atom. The molecule has 8 nitrogen and oxygen atoms in total. The number of aryl methyl sites for hydroxylation is 1. The van der Waals surface area contributed by atoms with Gasteiger partial charge in [-0.2, -0.15) is 0 Å². The summed E-state index contributed by atoms with van der Waals surface area (Å²) in [6, 6.07) is 8.88. The van der Waals surface area contributed by atoms with Crippen LogP contribution in [0.3, 0.4) is 0 Å². The third kappa shape index (κ3) is 4.77. The molecule has 10 heteroatoms. The van der Waals surface area contributed by atoms with Gasteiger partial charge in [-0.3, -0.25) is 10.1 Å². The van der Waals surface area contributed by atoms with E-state index < -0.39 is 8.07 Å². The molecule has 0 saturated carbocycles. The third-order valence-electron chi connectivity index (χ3n) is 5.67. The largest absolute Gasteiger partial charge is 0.497 e. The van der Waals surface area contributed by atoms with Crippen LogP contribution in [0.25, 0.3) is 11.2 Å². The van der Waals surface area contributed by atoms with Crippen molar-refractivity contribution in [3.05, 3.63) is 44.9 Å². The summed E-state index contributed by atoms with van der Waals surface area (Å²) in [7, 11) is 0.478. The van der Waals surface area contributed by atoms with Gasteiger partial charge < -0.3 is 9.47 Å². The van der Waals surface area contributed by atoms with Crippen LogP contribution in [0, 0.1) is 0 Å². The highest BCUT2D eigenvalue weighted by Crippen LogP contribution is 2.20. The van der Waals surface area contributed by atoms with Gasteiger partial charge >= 0.3 is 11.5 Å². The van der Waals surface area contributed by atoms with E-state index in [9.17, 15) is 4.79 Å². The zero-order valence-corrected chi connectivity index (χ0v) is 21.7. The number of halogens is 1. The van der Waals surface area contributed by atoms with Gasteiger partial charge in [0, 0.05) is 37.0 Å². The van der Waals surface area contributed by atoms with Gasteiger partial charge in [0.1, 0.15) is 5.75 Å². The highest BCUT2D eigenvalue weighted by molar-refractivity contribution is 9.10. The molecular weight excluding hydrogens is 490 g/mol. The SMILES string of the molecule is COc1ccc(Cn2c3[n+](c4c(nc(Br)n4COCC[Si](C)(C)C)c2=O)CCCN3)cc1. The Morgan fingerprint density at radius 2 is 1.97 bits per heavy atom. The molecule has 0 fully saturated rings. The molecule has 0 radical (unpaired) electrons. The predicted octanol–water partition coefficient (Wildman–Crippen LogP) is 3.43. The lowest BCUT2D eigenvalue weighted by Crippen LogP contribution is -2.49. The van der Waals surface area contributed by atoms with Gasteiger partial charge in [-0.15, -0.1) is 0 Å². The van der Waals surface area contributed by atoms with Gasteiger partial charge in [0.05, 0.1) is 26.7 Å². The molecule has 0 spiro atoms. The number of ether oxygens (including phenoxy) is 2. The molecule has 1 aliphatic heterocycles. The maximum absolute atomic E-state index is 13.5. The minimum Gasteiger partial charge on any atom is -0.497 e. The standard InChI is InChI=1S/C22H30BrN5O3Si/c1-30-17-8-6-16(7-9-17)14-27-20(29)18-19(26-11-5-10-24-22(26)27)28(21(23)25-18)15-31-12-13-32(2,3)4/h6-9H,5,10-15H2,1-4H3/p+1. The van der Waals surface area contributed by atoms with Crippen molar-refractivity contribution in [2.75, 3.05) is 25.6 Å². The molecule has 1 aromatic carbocycles. The number of aromatic nitrogens is 4. The fourth-order valence-corrected chi connectivity index (χ4v) is 5.06. The molecule has 3 aromatic rings. The fourth-order valence-electron chi connectivity index (χ4n) is 3.85. The second kappa shape index (κ2) is 9.36. The summed E-state index contributed by atoms with van der Waals surface area (Å²) in [5, 5.41) is 3.44. The summed E-state index contributed by atoms with van der Waals surface area (Å²) in [5.41, 5.74) is 2.16. The van der Waals surface area contributed by atoms with E-state index in [1.54, 1.807) is 11.7 Å². The number of benzene rings is 1. The Balaban J connectivity index is 1.72. The molecule has 1 N–H and O–H groups in total. The van der Waals surface area contributed by atoms with Gasteiger partial charge in [0.2, 0.25) is 15.9 Å². The summed E-state index contributed by atoms with van der Waals surface area (Å²) < 4.78 is 17.7. The molecule has 172 valence electrons. The topological polar surface area (TPSA) is 74.2 Å².